The van der Waals surface area contributed by atoms with E-state index in [1.165, 1.54) is 17.7 Å². The van der Waals surface area contributed by atoms with Gasteiger partial charge in [0.1, 0.15) is 24.6 Å². The molecule has 1 N–H and O–H groups in total. The Morgan fingerprint density at radius 3 is 2.78 bits per heavy atom. The topological polar surface area (TPSA) is 149 Å². The van der Waals surface area contributed by atoms with Crippen LogP contribution in [0.5, 0.6) is 0 Å². The van der Waals surface area contributed by atoms with Crippen LogP contribution in [0.25, 0.3) is 22.3 Å². The molecule has 37 heavy (non-hydrogen) atoms. The zero-order chi connectivity index (χ0) is 26.5. The molecule has 2 aliphatic rings. The maximum absolute atomic E-state index is 13.6. The monoisotopic (exact) mass is 507 g/mol. The molecule has 4 heterocycles. The van der Waals surface area contributed by atoms with Crippen molar-refractivity contribution in [2.45, 2.75) is 32.1 Å². The highest BCUT2D eigenvalue weighted by Crippen LogP contribution is 2.46. The number of nitro groups is 1. The molecule has 0 amide bonds. The number of likely N-dealkylation sites (N-methyl/N-ethyl adjacent to an activating group) is 1. The quantitative estimate of drug-likeness (QED) is 0.130. The van der Waals surface area contributed by atoms with Gasteiger partial charge in [-0.1, -0.05) is 30.3 Å². The molecule has 0 saturated carbocycles. The van der Waals surface area contributed by atoms with Crippen molar-refractivity contribution >= 4 is 28.8 Å². The van der Waals surface area contributed by atoms with E-state index in [4.69, 9.17) is 9.57 Å². The first-order valence-electron chi connectivity index (χ1n) is 11.7. The van der Waals surface area contributed by atoms with E-state index in [-0.39, 0.29) is 35.5 Å². The molecule has 1 atom stereocenters. The largest absolute Gasteiger partial charge is 0.458 e. The van der Waals surface area contributed by atoms with E-state index in [1.54, 1.807) is 12.1 Å². The Morgan fingerprint density at radius 1 is 1.32 bits per heavy atom. The number of hydrogen-bond acceptors (Lipinski definition) is 10. The minimum Gasteiger partial charge on any atom is -0.458 e. The highest BCUT2D eigenvalue weighted by Gasteiger charge is 2.52. The molecule has 12 nitrogen and oxygen atoms in total. The van der Waals surface area contributed by atoms with Gasteiger partial charge in [-0.3, -0.25) is 19.5 Å². The van der Waals surface area contributed by atoms with Gasteiger partial charge in [0.2, 0.25) is 0 Å². The molecule has 3 aromatic rings. The lowest BCUT2D eigenvalue weighted by Gasteiger charge is -2.31. The normalized spacial score (nSPS) is 18.1. The summed E-state index contributed by atoms with van der Waals surface area (Å²) in [7, 11) is 3.83. The standard InChI is InChI=1S/C25H25N5O7/c1-4-25(33)19-17(13-36-24(25)32)23(31)29-12-16-15(11-26-37-10-9-28(2)3)14-7-5-6-8-18(14)27-20(16)22(29)21(19)30(34)35/h5-8,11,33H,4,9-10,12-13H2,1-3H3/b26-11+/t25-/m0/s1. The first kappa shape index (κ1) is 24.5. The molecule has 0 aliphatic carbocycles. The second-order valence-electron chi connectivity index (χ2n) is 9.23. The Morgan fingerprint density at radius 2 is 2.08 bits per heavy atom. The number of aromatic nitrogens is 2. The van der Waals surface area contributed by atoms with Crippen molar-refractivity contribution < 1.29 is 24.4 Å². The summed E-state index contributed by atoms with van der Waals surface area (Å²) in [6, 6.07) is 7.22. The summed E-state index contributed by atoms with van der Waals surface area (Å²) in [5, 5.41) is 28.5. The molecule has 0 bridgehead atoms. The van der Waals surface area contributed by atoms with E-state index in [1.807, 2.05) is 31.1 Å². The van der Waals surface area contributed by atoms with Crippen molar-refractivity contribution in [3.63, 3.8) is 0 Å². The molecule has 192 valence electrons. The second-order valence-corrected chi connectivity index (χ2v) is 9.23. The number of rotatable bonds is 7. The number of cyclic esters (lactones) is 1. The predicted molar refractivity (Wildman–Crippen MR) is 133 cm³/mol. The molecule has 0 spiro atoms. The van der Waals surface area contributed by atoms with Crippen LogP contribution in [-0.4, -0.2) is 63.9 Å². The van der Waals surface area contributed by atoms with Crippen LogP contribution in [0.15, 0.2) is 34.2 Å². The Kier molecular flexibility index (Phi) is 6.00. The number of nitrogens with zero attached hydrogens (tertiary/aromatic N) is 5. The summed E-state index contributed by atoms with van der Waals surface area (Å²) in [5.41, 5.74) is -2.01. The summed E-state index contributed by atoms with van der Waals surface area (Å²) in [5.74, 6) is -1.03. The highest BCUT2D eigenvalue weighted by molar-refractivity contribution is 6.03. The van der Waals surface area contributed by atoms with Gasteiger partial charge in [0.15, 0.2) is 5.60 Å². The van der Waals surface area contributed by atoms with E-state index >= 15 is 0 Å². The number of para-hydroxylation sites is 1. The zero-order valence-corrected chi connectivity index (χ0v) is 20.6. The van der Waals surface area contributed by atoms with E-state index in [0.29, 0.717) is 29.8 Å². The molecule has 0 saturated heterocycles. The van der Waals surface area contributed by atoms with E-state index in [0.717, 1.165) is 5.39 Å². The summed E-state index contributed by atoms with van der Waals surface area (Å²) in [4.78, 5) is 49.9. The third-order valence-electron chi connectivity index (χ3n) is 6.79. The second kappa shape index (κ2) is 9.05. The minimum absolute atomic E-state index is 0.00694. The molecule has 1 aromatic carbocycles. The van der Waals surface area contributed by atoms with Crippen molar-refractivity contribution in [3.8, 4) is 11.4 Å². The maximum Gasteiger partial charge on any atom is 0.343 e. The minimum atomic E-state index is -2.32. The van der Waals surface area contributed by atoms with Gasteiger partial charge in [-0.15, -0.1) is 0 Å². The van der Waals surface area contributed by atoms with E-state index in [9.17, 15) is 24.8 Å². The molecule has 2 aliphatic heterocycles. The fourth-order valence-electron chi connectivity index (χ4n) is 4.89. The number of oxime groups is 1. The number of benzene rings is 1. The number of aliphatic hydroxyl groups is 1. The fourth-order valence-corrected chi connectivity index (χ4v) is 4.89. The molecule has 0 unspecified atom stereocenters. The van der Waals surface area contributed by atoms with Crippen molar-refractivity contribution in [1.82, 2.24) is 14.5 Å². The Hall–Kier alpha value is -4.16. The van der Waals surface area contributed by atoms with Crippen molar-refractivity contribution in [2.24, 2.45) is 5.16 Å². The van der Waals surface area contributed by atoms with Crippen LogP contribution in [0.3, 0.4) is 0 Å². The van der Waals surface area contributed by atoms with Crippen LogP contribution in [0.4, 0.5) is 5.69 Å². The van der Waals surface area contributed by atoms with Gasteiger partial charge >= 0.3 is 11.7 Å². The number of ether oxygens (including phenoxy) is 1. The van der Waals surface area contributed by atoms with Crippen LogP contribution in [0, 0.1) is 10.1 Å². The first-order chi connectivity index (χ1) is 17.7. The fraction of sp³-hybridized carbons (Fsp3) is 0.360. The molecular weight excluding hydrogens is 482 g/mol. The Balaban J connectivity index is 1.78. The van der Waals surface area contributed by atoms with E-state index < -0.39 is 34.3 Å². The molecule has 2 aromatic heterocycles. The summed E-state index contributed by atoms with van der Waals surface area (Å²) < 4.78 is 6.32. The molecule has 12 heteroatoms. The van der Waals surface area contributed by atoms with Gasteiger partial charge in [-0.25, -0.2) is 9.78 Å². The van der Waals surface area contributed by atoms with Gasteiger partial charge < -0.3 is 19.6 Å². The van der Waals surface area contributed by atoms with Crippen LogP contribution < -0.4 is 5.56 Å². The molecule has 0 radical (unpaired) electrons. The van der Waals surface area contributed by atoms with Crippen LogP contribution in [0.1, 0.15) is 35.6 Å². The van der Waals surface area contributed by atoms with Crippen molar-refractivity contribution in [2.75, 3.05) is 27.2 Å². The third kappa shape index (κ3) is 3.76. The van der Waals surface area contributed by atoms with Gasteiger partial charge in [-0.05, 0) is 26.6 Å². The van der Waals surface area contributed by atoms with Gasteiger partial charge in [-0.2, -0.15) is 0 Å². The molecular formula is C25H25N5O7. The average molecular weight is 508 g/mol. The highest BCUT2D eigenvalue weighted by atomic mass is 16.6. The summed E-state index contributed by atoms with van der Waals surface area (Å²) in [6.45, 7) is 2.04. The maximum atomic E-state index is 13.6. The zero-order valence-electron chi connectivity index (χ0n) is 20.6. The molecule has 0 fully saturated rings. The molecule has 5 rings (SSSR count). The number of esters is 1. The SMILES string of the molecule is CC[C@@]1(O)C(=O)OCc2c1c([N+](=O)[O-])c1n(c2=O)Cc2c-1nc1ccccc1c2/C=N/OCCN(C)C. The summed E-state index contributed by atoms with van der Waals surface area (Å²) >= 11 is 0. The number of hydrogen-bond donors (Lipinski definition) is 1. The van der Waals surface area contributed by atoms with Crippen LogP contribution in [0.2, 0.25) is 0 Å². The smallest absolute Gasteiger partial charge is 0.343 e. The van der Waals surface area contributed by atoms with Crippen LogP contribution in [-0.2, 0) is 33.1 Å². The van der Waals surface area contributed by atoms with Gasteiger partial charge in [0, 0.05) is 23.1 Å². The number of carbonyl (C=O) groups is 1. The third-order valence-corrected chi connectivity index (χ3v) is 6.79. The predicted octanol–water partition coefficient (Wildman–Crippen LogP) is 1.90. The first-order valence-corrected chi connectivity index (χ1v) is 11.7. The van der Waals surface area contributed by atoms with Crippen molar-refractivity contribution in [3.05, 3.63) is 67.0 Å². The van der Waals surface area contributed by atoms with Crippen molar-refractivity contribution in [1.29, 1.82) is 0 Å². The number of pyridine rings is 2. The summed E-state index contributed by atoms with van der Waals surface area (Å²) in [6.07, 6.45) is 1.32. The lowest BCUT2D eigenvalue weighted by atomic mass is 9.84. The average Bonchev–Trinajstić information content (AvgIpc) is 3.25. The number of fused-ring (bicyclic) bond motifs is 5. The number of carbonyl (C=O) groups excluding carboxylic acids is 1. The lowest BCUT2D eigenvalue weighted by Crippen LogP contribution is -2.45. The van der Waals surface area contributed by atoms with Gasteiger partial charge in [0.05, 0.1) is 34.3 Å². The Bertz CT molecular complexity index is 1540. The van der Waals surface area contributed by atoms with Crippen LogP contribution >= 0.6 is 0 Å². The van der Waals surface area contributed by atoms with E-state index in [2.05, 4.69) is 10.1 Å². The Labute approximate surface area is 210 Å². The van der Waals surface area contributed by atoms with Gasteiger partial charge in [0.25, 0.3) is 5.56 Å². The lowest BCUT2D eigenvalue weighted by molar-refractivity contribution is -0.386.